The first-order valence-electron chi connectivity index (χ1n) is 6.89. The Morgan fingerprint density at radius 3 is 2.67 bits per heavy atom. The van der Waals surface area contributed by atoms with Crippen LogP contribution in [0.5, 0.6) is 5.75 Å². The number of amides is 1. The summed E-state index contributed by atoms with van der Waals surface area (Å²) in [4.78, 5) is 12.3. The van der Waals surface area contributed by atoms with Crippen molar-refractivity contribution in [1.29, 1.82) is 0 Å². The summed E-state index contributed by atoms with van der Waals surface area (Å²) in [6.45, 7) is 3.89. The minimum atomic E-state index is -0.553. The van der Waals surface area contributed by atoms with E-state index in [1.54, 1.807) is 12.1 Å². The van der Waals surface area contributed by atoms with E-state index in [9.17, 15) is 4.79 Å². The number of ether oxygens (including phenoxy) is 1. The second-order valence-electron chi connectivity index (χ2n) is 4.80. The van der Waals surface area contributed by atoms with Gasteiger partial charge in [0, 0.05) is 0 Å². The largest absolute Gasteiger partial charge is 0.481 e. The Morgan fingerprint density at radius 1 is 1.24 bits per heavy atom. The molecule has 0 aromatic heterocycles. The van der Waals surface area contributed by atoms with Gasteiger partial charge in [0.15, 0.2) is 6.10 Å². The molecule has 21 heavy (non-hydrogen) atoms. The molecule has 0 aliphatic heterocycles. The number of benzene rings is 2. The molecular weight excluding hydrogens is 286 g/mol. The molecule has 0 fully saturated rings. The number of halogens is 1. The van der Waals surface area contributed by atoms with Crippen molar-refractivity contribution < 1.29 is 9.53 Å². The zero-order valence-electron chi connectivity index (χ0n) is 12.1. The molecule has 0 heterocycles. The molecule has 0 aliphatic carbocycles. The van der Waals surface area contributed by atoms with E-state index in [1.165, 1.54) is 0 Å². The van der Waals surface area contributed by atoms with Crippen LogP contribution in [0.25, 0.3) is 0 Å². The monoisotopic (exact) mass is 303 g/mol. The van der Waals surface area contributed by atoms with Crippen LogP contribution in [0, 0.1) is 6.92 Å². The second kappa shape index (κ2) is 7.14. The smallest absolute Gasteiger partial charge is 0.265 e. The Bertz CT molecular complexity index is 628. The van der Waals surface area contributed by atoms with Gasteiger partial charge in [-0.05, 0) is 43.2 Å². The first-order valence-corrected chi connectivity index (χ1v) is 7.26. The lowest BCUT2D eigenvalue weighted by Gasteiger charge is -2.18. The molecule has 0 aliphatic rings. The summed E-state index contributed by atoms with van der Waals surface area (Å²) in [6, 6.07) is 14.8. The summed E-state index contributed by atoms with van der Waals surface area (Å²) in [6.07, 6.45) is 0.0209. The standard InChI is InChI=1S/C17H18ClNO2/c1-3-16(21-13-8-6-7-12(2)11-13)17(20)19-15-10-5-4-9-14(15)18/h4-11,16H,3H2,1-2H3,(H,19,20)/t16-/m0/s1. The second-order valence-corrected chi connectivity index (χ2v) is 5.21. The van der Waals surface area contributed by atoms with Crippen LogP contribution in [0.2, 0.25) is 5.02 Å². The van der Waals surface area contributed by atoms with Crippen LogP contribution in [0.1, 0.15) is 18.9 Å². The molecule has 2 aromatic rings. The van der Waals surface area contributed by atoms with Gasteiger partial charge < -0.3 is 10.1 Å². The molecule has 0 saturated carbocycles. The molecule has 1 amide bonds. The van der Waals surface area contributed by atoms with E-state index in [4.69, 9.17) is 16.3 Å². The molecule has 0 unspecified atom stereocenters. The number of carbonyl (C=O) groups excluding carboxylic acids is 1. The number of hydrogen-bond donors (Lipinski definition) is 1. The van der Waals surface area contributed by atoms with E-state index >= 15 is 0 Å². The fourth-order valence-corrected chi connectivity index (χ4v) is 2.13. The molecule has 110 valence electrons. The van der Waals surface area contributed by atoms with Crippen molar-refractivity contribution in [3.63, 3.8) is 0 Å². The number of para-hydroxylation sites is 1. The summed E-state index contributed by atoms with van der Waals surface area (Å²) >= 11 is 6.04. The van der Waals surface area contributed by atoms with Gasteiger partial charge in [-0.3, -0.25) is 4.79 Å². The van der Waals surface area contributed by atoms with Crippen molar-refractivity contribution in [2.45, 2.75) is 26.4 Å². The number of nitrogens with one attached hydrogen (secondary N) is 1. The number of hydrogen-bond acceptors (Lipinski definition) is 2. The zero-order chi connectivity index (χ0) is 15.2. The first-order chi connectivity index (χ1) is 10.1. The molecule has 3 nitrogen and oxygen atoms in total. The van der Waals surface area contributed by atoms with Crippen LogP contribution >= 0.6 is 11.6 Å². The lowest BCUT2D eigenvalue weighted by Crippen LogP contribution is -2.32. The lowest BCUT2D eigenvalue weighted by molar-refractivity contribution is -0.122. The van der Waals surface area contributed by atoms with Crippen molar-refractivity contribution in [3.05, 3.63) is 59.1 Å². The third-order valence-corrected chi connectivity index (χ3v) is 3.39. The molecule has 0 radical (unpaired) electrons. The Labute approximate surface area is 129 Å². The van der Waals surface area contributed by atoms with E-state index in [0.29, 0.717) is 22.9 Å². The molecule has 2 aromatic carbocycles. The van der Waals surface area contributed by atoms with E-state index in [2.05, 4.69) is 5.32 Å². The Balaban J connectivity index is 2.07. The quantitative estimate of drug-likeness (QED) is 0.886. The predicted octanol–water partition coefficient (Wildman–Crippen LogP) is 4.44. The van der Waals surface area contributed by atoms with Gasteiger partial charge in [-0.15, -0.1) is 0 Å². The highest BCUT2D eigenvalue weighted by molar-refractivity contribution is 6.33. The highest BCUT2D eigenvalue weighted by atomic mass is 35.5. The maximum Gasteiger partial charge on any atom is 0.265 e. The van der Waals surface area contributed by atoms with E-state index < -0.39 is 6.10 Å². The Hall–Kier alpha value is -2.00. The van der Waals surface area contributed by atoms with Crippen LogP contribution < -0.4 is 10.1 Å². The van der Waals surface area contributed by atoms with E-state index in [-0.39, 0.29) is 5.91 Å². The van der Waals surface area contributed by atoms with Gasteiger partial charge in [0.1, 0.15) is 5.75 Å². The van der Waals surface area contributed by atoms with Gasteiger partial charge in [-0.2, -0.15) is 0 Å². The first kappa shape index (κ1) is 15.4. The van der Waals surface area contributed by atoms with Gasteiger partial charge in [0.2, 0.25) is 0 Å². The average molecular weight is 304 g/mol. The Morgan fingerprint density at radius 2 is 2.00 bits per heavy atom. The van der Waals surface area contributed by atoms with E-state index in [0.717, 1.165) is 5.56 Å². The summed E-state index contributed by atoms with van der Waals surface area (Å²) < 4.78 is 5.76. The SMILES string of the molecule is CC[C@H](Oc1cccc(C)c1)C(=O)Nc1ccccc1Cl. The molecule has 0 spiro atoms. The lowest BCUT2D eigenvalue weighted by atomic mass is 10.2. The van der Waals surface area contributed by atoms with Gasteiger partial charge in [-0.25, -0.2) is 0 Å². The van der Waals surface area contributed by atoms with Crippen LogP contribution in [-0.2, 0) is 4.79 Å². The van der Waals surface area contributed by atoms with Crippen LogP contribution in [-0.4, -0.2) is 12.0 Å². The van der Waals surface area contributed by atoms with Crippen molar-refractivity contribution in [3.8, 4) is 5.75 Å². The maximum atomic E-state index is 12.3. The topological polar surface area (TPSA) is 38.3 Å². The van der Waals surface area contributed by atoms with Crippen molar-refractivity contribution in [2.24, 2.45) is 0 Å². The summed E-state index contributed by atoms with van der Waals surface area (Å²) in [5.41, 5.74) is 1.68. The predicted molar refractivity (Wildman–Crippen MR) is 86.0 cm³/mol. The maximum absolute atomic E-state index is 12.3. The van der Waals surface area contributed by atoms with Crippen molar-refractivity contribution in [2.75, 3.05) is 5.32 Å². The molecule has 0 saturated heterocycles. The minimum Gasteiger partial charge on any atom is -0.481 e. The van der Waals surface area contributed by atoms with Gasteiger partial charge in [0.05, 0.1) is 10.7 Å². The molecular formula is C17H18ClNO2. The molecule has 0 bridgehead atoms. The van der Waals surface area contributed by atoms with Crippen molar-refractivity contribution >= 4 is 23.2 Å². The highest BCUT2D eigenvalue weighted by Gasteiger charge is 2.19. The average Bonchev–Trinajstić information content (AvgIpc) is 2.47. The number of aryl methyl sites for hydroxylation is 1. The summed E-state index contributed by atoms with van der Waals surface area (Å²) in [7, 11) is 0. The summed E-state index contributed by atoms with van der Waals surface area (Å²) in [5.74, 6) is 0.489. The molecule has 1 atom stereocenters. The number of carbonyl (C=O) groups is 1. The molecule has 4 heteroatoms. The molecule has 2 rings (SSSR count). The fraction of sp³-hybridized carbons (Fsp3) is 0.235. The minimum absolute atomic E-state index is 0.202. The van der Waals surface area contributed by atoms with Gasteiger partial charge in [0.25, 0.3) is 5.91 Å². The number of rotatable bonds is 5. The third-order valence-electron chi connectivity index (χ3n) is 3.06. The normalized spacial score (nSPS) is 11.8. The fourth-order valence-electron chi connectivity index (χ4n) is 1.95. The summed E-state index contributed by atoms with van der Waals surface area (Å²) in [5, 5.41) is 3.31. The third kappa shape index (κ3) is 4.23. The van der Waals surface area contributed by atoms with E-state index in [1.807, 2.05) is 50.2 Å². The highest BCUT2D eigenvalue weighted by Crippen LogP contribution is 2.22. The van der Waals surface area contributed by atoms with Crippen molar-refractivity contribution in [1.82, 2.24) is 0 Å². The van der Waals surface area contributed by atoms with Gasteiger partial charge in [-0.1, -0.05) is 42.8 Å². The zero-order valence-corrected chi connectivity index (χ0v) is 12.9. The van der Waals surface area contributed by atoms with Crippen LogP contribution in [0.4, 0.5) is 5.69 Å². The van der Waals surface area contributed by atoms with Gasteiger partial charge >= 0.3 is 0 Å². The van der Waals surface area contributed by atoms with Crippen LogP contribution in [0.15, 0.2) is 48.5 Å². The van der Waals surface area contributed by atoms with Crippen LogP contribution in [0.3, 0.4) is 0 Å². The Kier molecular flexibility index (Phi) is 5.23. The number of anilines is 1. The molecule has 1 N–H and O–H groups in total.